The van der Waals surface area contributed by atoms with Crippen LogP contribution in [0.5, 0.6) is 0 Å². The zero-order chi connectivity index (χ0) is 28.1. The minimum Gasteiger partial charge on any atom is -0.760 e. The van der Waals surface area contributed by atoms with Crippen LogP contribution in [-0.2, 0) is 17.8 Å². The Balaban J connectivity index is 0.000000826. The summed E-state index contributed by atoms with van der Waals surface area (Å²) in [6, 6.07) is 9.85. The topological polar surface area (TPSA) is 156 Å². The number of amides is 1. The first-order valence-corrected chi connectivity index (χ1v) is 14.2. The number of carbonyl (C=O) groups excluding carboxylic acids is 1. The summed E-state index contributed by atoms with van der Waals surface area (Å²) in [4.78, 5) is 26.3. The van der Waals surface area contributed by atoms with Gasteiger partial charge in [0.25, 0.3) is 5.91 Å². The van der Waals surface area contributed by atoms with Gasteiger partial charge in [0.05, 0.1) is 23.2 Å². The van der Waals surface area contributed by atoms with Gasteiger partial charge in [0, 0.05) is 30.4 Å². The molecule has 2 aromatic heterocycles. The van der Waals surface area contributed by atoms with E-state index in [4.69, 9.17) is 24.4 Å². The second-order valence-corrected chi connectivity index (χ2v) is 11.2. The minimum atomic E-state index is -2.33. The van der Waals surface area contributed by atoms with Gasteiger partial charge in [0.1, 0.15) is 5.76 Å². The van der Waals surface area contributed by atoms with Crippen LogP contribution in [0.4, 0.5) is 4.79 Å². The summed E-state index contributed by atoms with van der Waals surface area (Å²) < 4.78 is 31.9. The third-order valence-electron chi connectivity index (χ3n) is 7.38. The summed E-state index contributed by atoms with van der Waals surface area (Å²) in [5.41, 5.74) is 4.51. The highest BCUT2D eigenvalue weighted by Crippen LogP contribution is 2.44. The zero-order valence-electron chi connectivity index (χ0n) is 22.1. The molecule has 3 N–H and O–H groups in total. The summed E-state index contributed by atoms with van der Waals surface area (Å²) in [6.45, 7) is 2.73. The van der Waals surface area contributed by atoms with E-state index in [1.165, 1.54) is 30.0 Å². The maximum atomic E-state index is 12.9. The van der Waals surface area contributed by atoms with E-state index in [-0.39, 0.29) is 12.5 Å². The number of pyridine rings is 1. The lowest BCUT2D eigenvalue weighted by atomic mass is 10.0. The number of hydrogen-bond donors (Lipinski definition) is 3. The average molecular weight is 557 g/mol. The molecule has 1 atom stereocenters. The Morgan fingerprint density at radius 3 is 2.36 bits per heavy atom. The highest BCUT2D eigenvalue weighted by molar-refractivity contribution is 7.76. The molecular formula is C28H34N3O7S-. The summed E-state index contributed by atoms with van der Waals surface area (Å²) in [5.74, 6) is 1.20. The fourth-order valence-corrected chi connectivity index (χ4v) is 5.69. The van der Waals surface area contributed by atoms with E-state index in [2.05, 4.69) is 5.32 Å². The summed E-state index contributed by atoms with van der Waals surface area (Å²) in [7, 11) is 1.61. The highest BCUT2D eigenvalue weighted by Gasteiger charge is 2.31. The van der Waals surface area contributed by atoms with Crippen LogP contribution in [0.25, 0.3) is 22.4 Å². The quantitative estimate of drug-likeness (QED) is 0.294. The second kappa shape index (κ2) is 12.7. The molecule has 0 radical (unpaired) electrons. The fourth-order valence-electron chi connectivity index (χ4n) is 5.21. The van der Waals surface area contributed by atoms with Crippen molar-refractivity contribution in [2.24, 2.45) is 5.92 Å². The first-order chi connectivity index (χ1) is 18.7. The number of hydrogen-bond acceptors (Lipinski definition) is 6. The molecule has 0 aliphatic heterocycles. The Hall–Kier alpha value is -3.28. The monoisotopic (exact) mass is 556 g/mol. The Bertz CT molecular complexity index is 1340. The number of aryl methyl sites for hydroxylation is 1. The largest absolute Gasteiger partial charge is 0.760 e. The zero-order valence-corrected chi connectivity index (χ0v) is 23.0. The van der Waals surface area contributed by atoms with E-state index in [9.17, 15) is 13.6 Å². The van der Waals surface area contributed by atoms with Crippen molar-refractivity contribution in [3.8, 4) is 11.3 Å². The minimum absolute atomic E-state index is 0.223. The van der Waals surface area contributed by atoms with Gasteiger partial charge in [0.2, 0.25) is 5.71 Å². The van der Waals surface area contributed by atoms with Gasteiger partial charge in [-0.05, 0) is 49.7 Å². The van der Waals surface area contributed by atoms with E-state index in [1.807, 2.05) is 37.3 Å². The molecule has 2 aliphatic carbocycles. The van der Waals surface area contributed by atoms with Gasteiger partial charge in [-0.2, -0.15) is 0 Å². The first-order valence-electron chi connectivity index (χ1n) is 13.2. The van der Waals surface area contributed by atoms with Gasteiger partial charge in [-0.1, -0.05) is 55.5 Å². The fraction of sp³-hybridized carbons (Fsp3) is 0.464. The molecule has 1 amide bonds. The van der Waals surface area contributed by atoms with Gasteiger partial charge < -0.3 is 24.5 Å². The molecule has 2 aliphatic rings. The second-order valence-electron chi connectivity index (χ2n) is 10.2. The van der Waals surface area contributed by atoms with Crippen LogP contribution in [0.2, 0.25) is 0 Å². The number of benzene rings is 1. The van der Waals surface area contributed by atoms with E-state index < -0.39 is 17.4 Å². The van der Waals surface area contributed by atoms with E-state index in [1.54, 1.807) is 7.05 Å². The molecule has 0 saturated heterocycles. The number of rotatable bonds is 9. The molecule has 3 aromatic rings. The molecule has 2 fully saturated rings. The molecule has 0 spiro atoms. The summed E-state index contributed by atoms with van der Waals surface area (Å²) in [6.07, 6.45) is 5.99. The molecule has 5 rings (SSSR count). The van der Waals surface area contributed by atoms with Crippen molar-refractivity contribution in [1.82, 2.24) is 14.6 Å². The number of nitrogens with one attached hydrogen (secondary N) is 1. The lowest BCUT2D eigenvalue weighted by Crippen LogP contribution is -2.28. The van der Waals surface area contributed by atoms with Gasteiger partial charge in [0.15, 0.2) is 0 Å². The first kappa shape index (κ1) is 28.7. The maximum absolute atomic E-state index is 12.9. The highest BCUT2D eigenvalue weighted by atomic mass is 32.2. The number of furan rings is 1. The smallest absolute Gasteiger partial charge is 0.503 e. The molecule has 1 aromatic carbocycles. The molecule has 39 heavy (non-hydrogen) atoms. The van der Waals surface area contributed by atoms with E-state index >= 15 is 0 Å². The Morgan fingerprint density at radius 1 is 1.15 bits per heavy atom. The van der Waals surface area contributed by atoms with Gasteiger partial charge in [-0.3, -0.25) is 9.00 Å². The average Bonchev–Trinajstić information content (AvgIpc) is 3.47. The molecule has 2 saturated carbocycles. The molecule has 2 heterocycles. The Kier molecular flexibility index (Phi) is 9.36. The SMILES string of the molecule is CNC(=O)c1c(-c2ccc(C)cc2)oc2nc(CN(CCC3CCCC3)S(=O)[O-])c(C3CC3)cc12.O=C(O)O. The van der Waals surface area contributed by atoms with Crippen molar-refractivity contribution >= 4 is 34.4 Å². The predicted molar refractivity (Wildman–Crippen MR) is 146 cm³/mol. The van der Waals surface area contributed by atoms with Crippen LogP contribution < -0.4 is 5.32 Å². The van der Waals surface area contributed by atoms with Crippen molar-refractivity contribution in [3.63, 3.8) is 0 Å². The van der Waals surface area contributed by atoms with Crippen molar-refractivity contribution < 1.29 is 33.0 Å². The van der Waals surface area contributed by atoms with Crippen LogP contribution >= 0.6 is 0 Å². The number of carbonyl (C=O) groups is 2. The summed E-state index contributed by atoms with van der Waals surface area (Å²) >= 11 is -2.33. The third-order valence-corrected chi connectivity index (χ3v) is 8.11. The predicted octanol–water partition coefficient (Wildman–Crippen LogP) is 5.44. The van der Waals surface area contributed by atoms with Crippen molar-refractivity contribution in [1.29, 1.82) is 0 Å². The molecule has 210 valence electrons. The lowest BCUT2D eigenvalue weighted by molar-refractivity contribution is 0.0964. The van der Waals surface area contributed by atoms with Gasteiger partial charge in [-0.25, -0.2) is 14.1 Å². The Labute approximate surface area is 229 Å². The standard InChI is InChI=1S/C27H33N3O4S.CH2O3/c1-17-7-9-20(10-8-17)25-24(26(31)28-2)22-15-21(19-11-12-19)23(29-27(22)34-25)16-30(35(32)33)14-13-18-5-3-4-6-18;2-1(3)4/h7-10,15,18-19H,3-6,11-14,16H2,1-2H3,(H,28,31)(H,32,33);(H2,2,3,4)/p-1. The lowest BCUT2D eigenvalue weighted by Gasteiger charge is -2.26. The Morgan fingerprint density at radius 2 is 1.79 bits per heavy atom. The van der Waals surface area contributed by atoms with Crippen LogP contribution in [0.15, 0.2) is 34.7 Å². The normalized spacial score (nSPS) is 16.2. The molecule has 1 unspecified atom stereocenters. The molecular weight excluding hydrogens is 522 g/mol. The van der Waals surface area contributed by atoms with Crippen molar-refractivity contribution in [3.05, 3.63) is 52.7 Å². The van der Waals surface area contributed by atoms with Gasteiger partial charge >= 0.3 is 6.16 Å². The number of aromatic nitrogens is 1. The van der Waals surface area contributed by atoms with Crippen molar-refractivity contribution in [2.75, 3.05) is 13.6 Å². The van der Waals surface area contributed by atoms with Gasteiger partial charge in [-0.15, -0.1) is 0 Å². The molecule has 11 heteroatoms. The van der Waals surface area contributed by atoms with Crippen LogP contribution in [0.1, 0.15) is 78.0 Å². The molecule has 10 nitrogen and oxygen atoms in total. The van der Waals surface area contributed by atoms with E-state index in [0.29, 0.717) is 40.8 Å². The van der Waals surface area contributed by atoms with Crippen LogP contribution in [0.3, 0.4) is 0 Å². The molecule has 0 bridgehead atoms. The maximum Gasteiger partial charge on any atom is 0.503 e. The number of fused-ring (bicyclic) bond motifs is 1. The van der Waals surface area contributed by atoms with Crippen LogP contribution in [0, 0.1) is 12.8 Å². The van der Waals surface area contributed by atoms with Crippen molar-refractivity contribution in [2.45, 2.75) is 64.3 Å². The number of nitrogens with zero attached hydrogens (tertiary/aromatic N) is 2. The van der Waals surface area contributed by atoms with E-state index in [0.717, 1.165) is 41.6 Å². The number of carboxylic acid groups (broad SMARTS) is 2. The van der Waals surface area contributed by atoms with Crippen LogP contribution in [-0.4, -0.2) is 53.9 Å². The third kappa shape index (κ3) is 7.23. The summed E-state index contributed by atoms with van der Waals surface area (Å²) in [5, 5.41) is 17.4.